The highest BCUT2D eigenvalue weighted by Crippen LogP contribution is 2.27. The first-order chi connectivity index (χ1) is 6.20. The third kappa shape index (κ3) is 1.37. The molecule has 0 radical (unpaired) electrons. The fraction of sp³-hybridized carbons (Fsp3) is 0.500. The van der Waals surface area contributed by atoms with Crippen molar-refractivity contribution in [3.05, 3.63) is 34.4 Å². The SMILES string of the molecule is Cc1c(C(C)C)ccc2c1CNC2. The van der Waals surface area contributed by atoms with Gasteiger partial charge in [0.2, 0.25) is 0 Å². The predicted molar refractivity (Wildman–Crippen MR) is 55.8 cm³/mol. The van der Waals surface area contributed by atoms with E-state index in [1.54, 1.807) is 0 Å². The molecule has 0 fully saturated rings. The molecule has 0 saturated heterocycles. The number of rotatable bonds is 1. The molecule has 1 N–H and O–H groups in total. The van der Waals surface area contributed by atoms with Crippen LogP contribution in [0.4, 0.5) is 0 Å². The summed E-state index contributed by atoms with van der Waals surface area (Å²) >= 11 is 0. The van der Waals surface area contributed by atoms with Crippen LogP contribution in [0.15, 0.2) is 12.1 Å². The molecule has 0 aliphatic carbocycles. The van der Waals surface area contributed by atoms with E-state index in [2.05, 4.69) is 38.2 Å². The highest BCUT2D eigenvalue weighted by molar-refractivity contribution is 5.43. The average Bonchev–Trinajstić information content (AvgIpc) is 2.52. The predicted octanol–water partition coefficient (Wildman–Crippen LogP) is 2.72. The molecule has 70 valence electrons. The maximum Gasteiger partial charge on any atom is 0.0214 e. The summed E-state index contributed by atoms with van der Waals surface area (Å²) < 4.78 is 0. The Bertz CT molecular complexity index is 326. The molecule has 1 aromatic rings. The first-order valence-electron chi connectivity index (χ1n) is 5.02. The maximum absolute atomic E-state index is 3.39. The highest BCUT2D eigenvalue weighted by Gasteiger charge is 2.15. The van der Waals surface area contributed by atoms with Crippen molar-refractivity contribution in [2.24, 2.45) is 0 Å². The summed E-state index contributed by atoms with van der Waals surface area (Å²) in [6.07, 6.45) is 0. The Morgan fingerprint density at radius 3 is 2.69 bits per heavy atom. The molecule has 1 aromatic carbocycles. The maximum atomic E-state index is 3.39. The largest absolute Gasteiger partial charge is 0.309 e. The molecule has 1 aliphatic rings. The van der Waals surface area contributed by atoms with E-state index in [-0.39, 0.29) is 0 Å². The summed E-state index contributed by atoms with van der Waals surface area (Å²) in [6, 6.07) is 4.56. The zero-order valence-electron chi connectivity index (χ0n) is 8.65. The third-order valence-corrected chi connectivity index (χ3v) is 2.98. The van der Waals surface area contributed by atoms with Crippen LogP contribution >= 0.6 is 0 Å². The van der Waals surface area contributed by atoms with Crippen LogP contribution in [0.5, 0.6) is 0 Å². The Morgan fingerprint density at radius 2 is 2.00 bits per heavy atom. The molecule has 0 bridgehead atoms. The molecule has 0 unspecified atom stereocenters. The summed E-state index contributed by atoms with van der Waals surface area (Å²) in [4.78, 5) is 0. The van der Waals surface area contributed by atoms with E-state index in [0.717, 1.165) is 13.1 Å². The Kier molecular flexibility index (Phi) is 2.12. The van der Waals surface area contributed by atoms with Crippen molar-refractivity contribution >= 4 is 0 Å². The average molecular weight is 175 g/mol. The molecule has 0 aromatic heterocycles. The molecule has 2 rings (SSSR count). The van der Waals surface area contributed by atoms with E-state index in [0.29, 0.717) is 5.92 Å². The van der Waals surface area contributed by atoms with Crippen LogP contribution in [-0.2, 0) is 13.1 Å². The first kappa shape index (κ1) is 8.76. The molecule has 13 heavy (non-hydrogen) atoms. The summed E-state index contributed by atoms with van der Waals surface area (Å²) in [7, 11) is 0. The van der Waals surface area contributed by atoms with Crippen molar-refractivity contribution in [1.82, 2.24) is 5.32 Å². The fourth-order valence-electron chi connectivity index (χ4n) is 2.19. The van der Waals surface area contributed by atoms with Gasteiger partial charge in [-0.3, -0.25) is 0 Å². The number of fused-ring (bicyclic) bond motifs is 1. The standard InChI is InChI=1S/C12H17N/c1-8(2)11-5-4-10-6-13-7-12(10)9(11)3/h4-5,8,13H,6-7H2,1-3H3. The van der Waals surface area contributed by atoms with E-state index >= 15 is 0 Å². The van der Waals surface area contributed by atoms with Crippen LogP contribution in [0.2, 0.25) is 0 Å². The normalized spacial score (nSPS) is 15.1. The summed E-state index contributed by atoms with van der Waals surface area (Å²) in [6.45, 7) is 8.88. The molecule has 1 aliphatic heterocycles. The van der Waals surface area contributed by atoms with Gasteiger partial charge in [0.1, 0.15) is 0 Å². The van der Waals surface area contributed by atoms with Gasteiger partial charge >= 0.3 is 0 Å². The van der Waals surface area contributed by atoms with Crippen molar-refractivity contribution in [2.45, 2.75) is 39.8 Å². The quantitative estimate of drug-likeness (QED) is 0.692. The van der Waals surface area contributed by atoms with Gasteiger partial charge in [-0.2, -0.15) is 0 Å². The molecule has 1 heteroatoms. The lowest BCUT2D eigenvalue weighted by atomic mass is 9.92. The van der Waals surface area contributed by atoms with Gasteiger partial charge < -0.3 is 5.32 Å². The van der Waals surface area contributed by atoms with Gasteiger partial charge in [0.05, 0.1) is 0 Å². The second-order valence-corrected chi connectivity index (χ2v) is 4.18. The van der Waals surface area contributed by atoms with Crippen LogP contribution in [0, 0.1) is 6.92 Å². The van der Waals surface area contributed by atoms with E-state index < -0.39 is 0 Å². The lowest BCUT2D eigenvalue weighted by Crippen LogP contribution is -2.01. The van der Waals surface area contributed by atoms with Crippen LogP contribution in [0.3, 0.4) is 0 Å². The minimum Gasteiger partial charge on any atom is -0.309 e. The molecule has 0 atom stereocenters. The molecule has 0 amide bonds. The first-order valence-corrected chi connectivity index (χ1v) is 5.02. The van der Waals surface area contributed by atoms with Gasteiger partial charge in [-0.15, -0.1) is 0 Å². The summed E-state index contributed by atoms with van der Waals surface area (Å²) in [5.41, 5.74) is 6.02. The minimum absolute atomic E-state index is 0.644. The van der Waals surface area contributed by atoms with Gasteiger partial charge in [0.15, 0.2) is 0 Å². The van der Waals surface area contributed by atoms with Crippen molar-refractivity contribution in [1.29, 1.82) is 0 Å². The van der Waals surface area contributed by atoms with Gasteiger partial charge in [0, 0.05) is 13.1 Å². The summed E-state index contributed by atoms with van der Waals surface area (Å²) in [5.74, 6) is 0.644. The van der Waals surface area contributed by atoms with Crippen LogP contribution in [0.25, 0.3) is 0 Å². The van der Waals surface area contributed by atoms with E-state index in [9.17, 15) is 0 Å². The Morgan fingerprint density at radius 1 is 1.23 bits per heavy atom. The van der Waals surface area contributed by atoms with E-state index in [1.807, 2.05) is 0 Å². The Hall–Kier alpha value is -0.820. The molecule has 1 heterocycles. The van der Waals surface area contributed by atoms with Crippen LogP contribution in [-0.4, -0.2) is 0 Å². The Balaban J connectivity index is 2.52. The van der Waals surface area contributed by atoms with Crippen molar-refractivity contribution in [2.75, 3.05) is 0 Å². The Labute approximate surface area is 80.2 Å². The molecule has 0 spiro atoms. The zero-order valence-corrected chi connectivity index (χ0v) is 8.65. The minimum atomic E-state index is 0.644. The number of nitrogens with one attached hydrogen (secondary N) is 1. The molecular weight excluding hydrogens is 158 g/mol. The zero-order chi connectivity index (χ0) is 9.42. The number of benzene rings is 1. The number of hydrogen-bond acceptors (Lipinski definition) is 1. The molecule has 1 nitrogen and oxygen atoms in total. The van der Waals surface area contributed by atoms with Gasteiger partial charge in [-0.05, 0) is 35.1 Å². The van der Waals surface area contributed by atoms with Gasteiger partial charge in [-0.1, -0.05) is 26.0 Å². The second-order valence-electron chi connectivity index (χ2n) is 4.18. The van der Waals surface area contributed by atoms with E-state index in [4.69, 9.17) is 0 Å². The fourth-order valence-corrected chi connectivity index (χ4v) is 2.19. The number of hydrogen-bond donors (Lipinski definition) is 1. The van der Waals surface area contributed by atoms with Crippen molar-refractivity contribution in [3.8, 4) is 0 Å². The van der Waals surface area contributed by atoms with Crippen LogP contribution < -0.4 is 5.32 Å². The molecular formula is C12H17N. The van der Waals surface area contributed by atoms with Crippen LogP contribution in [0.1, 0.15) is 42.0 Å². The highest BCUT2D eigenvalue weighted by atomic mass is 14.9. The van der Waals surface area contributed by atoms with Gasteiger partial charge in [-0.25, -0.2) is 0 Å². The topological polar surface area (TPSA) is 12.0 Å². The summed E-state index contributed by atoms with van der Waals surface area (Å²) in [5, 5.41) is 3.39. The monoisotopic (exact) mass is 175 g/mol. The lowest BCUT2D eigenvalue weighted by molar-refractivity contribution is 0.762. The lowest BCUT2D eigenvalue weighted by Gasteiger charge is -2.13. The van der Waals surface area contributed by atoms with Crippen molar-refractivity contribution < 1.29 is 0 Å². The van der Waals surface area contributed by atoms with Gasteiger partial charge in [0.25, 0.3) is 0 Å². The van der Waals surface area contributed by atoms with E-state index in [1.165, 1.54) is 22.3 Å². The van der Waals surface area contributed by atoms with Crippen molar-refractivity contribution in [3.63, 3.8) is 0 Å². The smallest absolute Gasteiger partial charge is 0.0214 e. The second kappa shape index (κ2) is 3.15. The molecule has 0 saturated carbocycles. The third-order valence-electron chi connectivity index (χ3n) is 2.98.